The van der Waals surface area contributed by atoms with Crippen LogP contribution in [0.3, 0.4) is 0 Å². The normalized spacial score (nSPS) is 19.1. The van der Waals surface area contributed by atoms with E-state index in [1.807, 2.05) is 6.92 Å². The molecule has 10 heteroatoms. The van der Waals surface area contributed by atoms with Crippen LogP contribution in [0.15, 0.2) is 39.9 Å². The summed E-state index contributed by atoms with van der Waals surface area (Å²) in [6, 6.07) is 5.89. The monoisotopic (exact) mass is 446 g/mol. The summed E-state index contributed by atoms with van der Waals surface area (Å²) in [4.78, 5) is 27.0. The highest BCUT2D eigenvalue weighted by atomic mass is 32.1. The molecule has 1 aliphatic heterocycles. The molecule has 2 aromatic heterocycles. The van der Waals surface area contributed by atoms with Crippen molar-refractivity contribution in [2.24, 2.45) is 11.7 Å². The van der Waals surface area contributed by atoms with Gasteiger partial charge in [-0.3, -0.25) is 18.5 Å². The highest BCUT2D eigenvalue weighted by Crippen LogP contribution is 2.35. The minimum absolute atomic E-state index is 0.0335. The van der Waals surface area contributed by atoms with Crippen molar-refractivity contribution in [3.63, 3.8) is 0 Å². The van der Waals surface area contributed by atoms with Gasteiger partial charge < -0.3 is 10.6 Å². The first-order valence-corrected chi connectivity index (χ1v) is 10.4. The average molecular weight is 446 g/mol. The molecule has 3 N–H and O–H groups in total. The average Bonchev–Trinajstić information content (AvgIpc) is 3.26. The number of hydrogen-bond donors (Lipinski definition) is 2. The smallest absolute Gasteiger partial charge is 0.271 e. The van der Waals surface area contributed by atoms with Gasteiger partial charge in [0.2, 0.25) is 5.43 Å². The lowest BCUT2D eigenvalue weighted by atomic mass is 10.1. The van der Waals surface area contributed by atoms with Gasteiger partial charge in [0.05, 0.1) is 10.9 Å². The molecule has 5 rings (SSSR count). The molecule has 6 nitrogen and oxygen atoms in total. The van der Waals surface area contributed by atoms with Crippen molar-refractivity contribution in [3.8, 4) is 5.69 Å². The fraction of sp³-hybridized carbons (Fsp3) is 0.238. The Balaban J connectivity index is 1.93. The highest BCUT2D eigenvalue weighted by Gasteiger charge is 2.32. The van der Waals surface area contributed by atoms with E-state index >= 15 is 8.78 Å². The Kier molecular flexibility index (Phi) is 4.45. The number of rotatable bonds is 2. The molecular formula is C21H17F3N4O2S. The van der Waals surface area contributed by atoms with E-state index in [1.165, 1.54) is 33.7 Å². The Hall–Kier alpha value is -3.11. The first kappa shape index (κ1) is 19.8. The van der Waals surface area contributed by atoms with Crippen molar-refractivity contribution in [1.82, 2.24) is 8.94 Å². The van der Waals surface area contributed by atoms with Gasteiger partial charge in [-0.15, -0.1) is 0 Å². The summed E-state index contributed by atoms with van der Waals surface area (Å²) in [5.41, 5.74) is 4.51. The van der Waals surface area contributed by atoms with E-state index in [9.17, 15) is 14.0 Å². The molecule has 1 fully saturated rings. The molecular weight excluding hydrogens is 429 g/mol. The number of benzene rings is 2. The number of halogens is 3. The number of fused-ring (bicyclic) bond motifs is 2. The SMILES string of the molecule is CC1CN(c2c(F)cc3c(=O)c4c(=O)[nH]sc4n(-c4ccc(F)cc4)c3c2F)CC1N. The first-order chi connectivity index (χ1) is 14.8. The van der Waals surface area contributed by atoms with Crippen LogP contribution in [0.2, 0.25) is 0 Å². The number of aromatic nitrogens is 2. The number of nitrogens with one attached hydrogen (secondary N) is 1. The third-order valence-electron chi connectivity index (χ3n) is 5.82. The van der Waals surface area contributed by atoms with Gasteiger partial charge in [-0.2, -0.15) is 0 Å². The Labute approximate surface area is 177 Å². The Morgan fingerprint density at radius 3 is 2.48 bits per heavy atom. The van der Waals surface area contributed by atoms with E-state index in [4.69, 9.17) is 5.73 Å². The van der Waals surface area contributed by atoms with E-state index in [1.54, 1.807) is 0 Å². The molecule has 0 aliphatic carbocycles. The molecule has 0 radical (unpaired) electrons. The molecule has 2 atom stereocenters. The second-order valence-corrected chi connectivity index (χ2v) is 8.61. The van der Waals surface area contributed by atoms with E-state index in [2.05, 4.69) is 4.37 Å². The quantitative estimate of drug-likeness (QED) is 0.496. The van der Waals surface area contributed by atoms with Crippen molar-refractivity contribution in [2.45, 2.75) is 13.0 Å². The van der Waals surface area contributed by atoms with Crippen LogP contribution in [0.5, 0.6) is 0 Å². The molecule has 3 heterocycles. The summed E-state index contributed by atoms with van der Waals surface area (Å²) < 4.78 is 48.4. The minimum atomic E-state index is -0.930. The Morgan fingerprint density at radius 1 is 1.13 bits per heavy atom. The van der Waals surface area contributed by atoms with Crippen molar-refractivity contribution in [1.29, 1.82) is 0 Å². The predicted molar refractivity (Wildman–Crippen MR) is 115 cm³/mol. The number of H-pyrrole nitrogens is 1. The topological polar surface area (TPSA) is 84.1 Å². The van der Waals surface area contributed by atoms with Gasteiger partial charge in [0, 0.05) is 24.8 Å². The van der Waals surface area contributed by atoms with Crippen molar-refractivity contribution >= 4 is 38.3 Å². The Bertz CT molecular complexity index is 1450. The van der Waals surface area contributed by atoms with E-state index in [0.29, 0.717) is 12.2 Å². The van der Waals surface area contributed by atoms with Crippen LogP contribution >= 0.6 is 11.5 Å². The molecule has 2 unspecified atom stereocenters. The van der Waals surface area contributed by atoms with Crippen LogP contribution in [-0.4, -0.2) is 28.1 Å². The fourth-order valence-electron chi connectivity index (χ4n) is 4.18. The predicted octanol–water partition coefficient (Wildman–Crippen LogP) is 3.09. The van der Waals surface area contributed by atoms with Crippen molar-refractivity contribution in [2.75, 3.05) is 18.0 Å². The van der Waals surface area contributed by atoms with Crippen molar-refractivity contribution in [3.05, 3.63) is 68.4 Å². The van der Waals surface area contributed by atoms with Gasteiger partial charge in [0.1, 0.15) is 27.5 Å². The summed E-state index contributed by atoms with van der Waals surface area (Å²) in [6.07, 6.45) is 0. The highest BCUT2D eigenvalue weighted by molar-refractivity contribution is 7.12. The zero-order valence-corrected chi connectivity index (χ0v) is 17.1. The molecule has 0 bridgehead atoms. The lowest BCUT2D eigenvalue weighted by molar-refractivity contribution is 0.564. The maximum absolute atomic E-state index is 15.9. The molecule has 4 aromatic rings. The van der Waals surface area contributed by atoms with Crippen LogP contribution < -0.4 is 21.6 Å². The lowest BCUT2D eigenvalue weighted by Gasteiger charge is -2.22. The molecule has 0 spiro atoms. The van der Waals surface area contributed by atoms with Crippen LogP contribution in [-0.2, 0) is 0 Å². The zero-order chi connectivity index (χ0) is 22.0. The second-order valence-electron chi connectivity index (χ2n) is 7.82. The largest absolute Gasteiger partial charge is 0.365 e. The number of aromatic amines is 1. The molecule has 0 amide bonds. The number of pyridine rings is 1. The standard InChI is InChI=1S/C21H17F3N4O2S/c1-9-7-27(8-14(9)25)18-13(23)6-12-17(16(18)24)28(11-4-2-10(22)3-5-11)21-15(19(12)29)20(30)26-31-21/h2-6,9,14H,7-8,25H2,1H3,(H,26,30). The van der Waals surface area contributed by atoms with Gasteiger partial charge in [-0.05, 0) is 47.8 Å². The molecule has 1 saturated heterocycles. The van der Waals surface area contributed by atoms with Crippen molar-refractivity contribution < 1.29 is 13.2 Å². The molecule has 31 heavy (non-hydrogen) atoms. The van der Waals surface area contributed by atoms with Crippen LogP contribution in [0.1, 0.15) is 6.92 Å². The van der Waals surface area contributed by atoms with Gasteiger partial charge in [0.15, 0.2) is 5.82 Å². The molecule has 2 aromatic carbocycles. The van der Waals surface area contributed by atoms with E-state index in [-0.39, 0.29) is 45.3 Å². The number of nitrogens with zero attached hydrogens (tertiary/aromatic N) is 2. The van der Waals surface area contributed by atoms with Gasteiger partial charge in [-0.1, -0.05) is 6.92 Å². The van der Waals surface area contributed by atoms with Crippen LogP contribution in [0.4, 0.5) is 18.9 Å². The third-order valence-corrected chi connectivity index (χ3v) is 6.69. The van der Waals surface area contributed by atoms with Gasteiger partial charge >= 0.3 is 0 Å². The van der Waals surface area contributed by atoms with Crippen LogP contribution in [0, 0.1) is 23.4 Å². The van der Waals surface area contributed by atoms with Gasteiger partial charge in [0.25, 0.3) is 5.56 Å². The van der Waals surface area contributed by atoms with Crippen LogP contribution in [0.25, 0.3) is 26.8 Å². The Morgan fingerprint density at radius 2 is 1.84 bits per heavy atom. The fourth-order valence-corrected chi connectivity index (χ4v) is 5.05. The number of hydrogen-bond acceptors (Lipinski definition) is 5. The minimum Gasteiger partial charge on any atom is -0.365 e. The van der Waals surface area contributed by atoms with Gasteiger partial charge in [-0.25, -0.2) is 13.2 Å². The molecule has 1 aliphatic rings. The zero-order valence-electron chi connectivity index (χ0n) is 16.3. The second kappa shape index (κ2) is 6.96. The molecule has 0 saturated carbocycles. The first-order valence-electron chi connectivity index (χ1n) is 9.62. The summed E-state index contributed by atoms with van der Waals surface area (Å²) in [7, 11) is 0. The summed E-state index contributed by atoms with van der Waals surface area (Å²) >= 11 is 0.858. The summed E-state index contributed by atoms with van der Waals surface area (Å²) in [5.74, 6) is -2.30. The number of anilines is 1. The molecule has 160 valence electrons. The van der Waals surface area contributed by atoms with E-state index < -0.39 is 28.4 Å². The summed E-state index contributed by atoms with van der Waals surface area (Å²) in [6.45, 7) is 2.53. The maximum Gasteiger partial charge on any atom is 0.271 e. The summed E-state index contributed by atoms with van der Waals surface area (Å²) in [5, 5.41) is -0.471. The third kappa shape index (κ3) is 2.89. The number of nitrogens with two attached hydrogens (primary N) is 1. The maximum atomic E-state index is 15.9. The van der Waals surface area contributed by atoms with E-state index in [0.717, 1.165) is 17.6 Å². The lowest BCUT2D eigenvalue weighted by Crippen LogP contribution is -2.29.